The lowest BCUT2D eigenvalue weighted by molar-refractivity contribution is 0.787. The fourth-order valence-corrected chi connectivity index (χ4v) is 5.69. The minimum absolute atomic E-state index is 0.475. The molecular weight excluding hydrogens is 448 g/mol. The van der Waals surface area contributed by atoms with E-state index in [-0.39, 0.29) is 0 Å². The fourth-order valence-electron chi connectivity index (χ4n) is 4.60. The van der Waals surface area contributed by atoms with Gasteiger partial charge < -0.3 is 0 Å². The summed E-state index contributed by atoms with van der Waals surface area (Å²) in [5.41, 5.74) is 6.72. The molecule has 0 bridgehead atoms. The Morgan fingerprint density at radius 1 is 0.353 bits per heavy atom. The Morgan fingerprint density at radius 2 is 0.618 bits per heavy atom. The SMILES string of the molecule is PC(c1ccccc1)(c1ccccc1)c1cccc(C(P)(c2ccccc2)c2ccccc2)n1. The number of nitrogens with zero attached hydrogens (tertiary/aromatic N) is 1. The van der Waals surface area contributed by atoms with Crippen LogP contribution >= 0.6 is 18.5 Å². The zero-order valence-electron chi connectivity index (χ0n) is 18.9. The Balaban J connectivity index is 1.74. The molecule has 5 aromatic rings. The predicted octanol–water partition coefficient (Wildman–Crippen LogP) is 7.42. The fraction of sp³-hybridized carbons (Fsp3) is 0.0645. The molecule has 34 heavy (non-hydrogen) atoms. The molecule has 0 fully saturated rings. The molecule has 0 aliphatic carbocycles. The largest absolute Gasteiger partial charge is 0.255 e. The average molecular weight is 476 g/mol. The van der Waals surface area contributed by atoms with E-state index in [9.17, 15) is 0 Å². The molecule has 166 valence electrons. The number of aromatic nitrogens is 1. The van der Waals surface area contributed by atoms with Gasteiger partial charge in [-0.2, -0.15) is 0 Å². The molecule has 0 spiro atoms. The highest BCUT2D eigenvalue weighted by atomic mass is 31.0. The molecule has 1 aromatic heterocycles. The van der Waals surface area contributed by atoms with E-state index in [4.69, 9.17) is 4.98 Å². The summed E-state index contributed by atoms with van der Waals surface area (Å²) in [5, 5.41) is -0.949. The maximum atomic E-state index is 5.38. The quantitative estimate of drug-likeness (QED) is 0.233. The summed E-state index contributed by atoms with van der Waals surface area (Å²) < 4.78 is 0. The normalized spacial score (nSPS) is 11.8. The minimum Gasteiger partial charge on any atom is -0.255 e. The van der Waals surface area contributed by atoms with Crippen LogP contribution in [-0.2, 0) is 10.3 Å². The van der Waals surface area contributed by atoms with E-state index in [1.807, 2.05) is 0 Å². The van der Waals surface area contributed by atoms with Crippen LogP contribution in [-0.4, -0.2) is 4.98 Å². The van der Waals surface area contributed by atoms with Crippen LogP contribution < -0.4 is 0 Å². The highest BCUT2D eigenvalue weighted by Crippen LogP contribution is 2.47. The summed E-state index contributed by atoms with van der Waals surface area (Å²) in [5.74, 6) is 0. The molecule has 2 atom stereocenters. The Labute approximate surface area is 206 Å². The first kappa shape index (κ1) is 22.7. The first-order valence-corrected chi connectivity index (χ1v) is 12.6. The second-order valence-corrected chi connectivity index (χ2v) is 10.2. The van der Waals surface area contributed by atoms with Gasteiger partial charge >= 0.3 is 0 Å². The molecule has 3 heteroatoms. The van der Waals surface area contributed by atoms with E-state index >= 15 is 0 Å². The van der Waals surface area contributed by atoms with Crippen LogP contribution in [0.25, 0.3) is 0 Å². The first-order valence-electron chi connectivity index (χ1n) is 11.4. The molecule has 1 heterocycles. The lowest BCUT2D eigenvalue weighted by atomic mass is 9.84. The van der Waals surface area contributed by atoms with E-state index < -0.39 is 10.3 Å². The van der Waals surface area contributed by atoms with Gasteiger partial charge in [0, 0.05) is 0 Å². The second kappa shape index (κ2) is 9.63. The van der Waals surface area contributed by atoms with E-state index in [2.05, 4.69) is 158 Å². The molecule has 0 aliphatic heterocycles. The van der Waals surface area contributed by atoms with Crippen molar-refractivity contribution in [2.24, 2.45) is 0 Å². The molecule has 0 saturated heterocycles. The van der Waals surface area contributed by atoms with Crippen molar-refractivity contribution in [1.29, 1.82) is 0 Å². The molecule has 2 unspecified atom stereocenters. The van der Waals surface area contributed by atoms with Crippen molar-refractivity contribution in [2.75, 3.05) is 0 Å². The van der Waals surface area contributed by atoms with Crippen LogP contribution in [0.2, 0.25) is 0 Å². The van der Waals surface area contributed by atoms with Crippen molar-refractivity contribution in [3.8, 4) is 0 Å². The summed E-state index contributed by atoms with van der Waals surface area (Å²) in [4.78, 5) is 5.38. The van der Waals surface area contributed by atoms with Gasteiger partial charge in [0.25, 0.3) is 0 Å². The Bertz CT molecular complexity index is 1170. The summed E-state index contributed by atoms with van der Waals surface area (Å²) >= 11 is 0. The maximum absolute atomic E-state index is 5.38. The van der Waals surface area contributed by atoms with Gasteiger partial charge in [-0.15, -0.1) is 18.5 Å². The summed E-state index contributed by atoms with van der Waals surface area (Å²) in [7, 11) is 6.22. The summed E-state index contributed by atoms with van der Waals surface area (Å²) in [6.07, 6.45) is 0. The molecule has 0 amide bonds. The first-order chi connectivity index (χ1) is 16.6. The van der Waals surface area contributed by atoms with Crippen LogP contribution in [0.5, 0.6) is 0 Å². The zero-order chi connectivity index (χ0) is 23.4. The summed E-state index contributed by atoms with van der Waals surface area (Å²) in [6, 6.07) is 48.8. The van der Waals surface area contributed by atoms with Gasteiger partial charge in [0.15, 0.2) is 0 Å². The molecule has 5 rings (SSSR count). The number of benzene rings is 4. The summed E-state index contributed by atoms with van der Waals surface area (Å²) in [6.45, 7) is 0. The van der Waals surface area contributed by atoms with Gasteiger partial charge in [-0.25, -0.2) is 0 Å². The van der Waals surface area contributed by atoms with Crippen molar-refractivity contribution in [3.05, 3.63) is 173 Å². The van der Waals surface area contributed by atoms with Gasteiger partial charge in [-0.3, -0.25) is 4.98 Å². The van der Waals surface area contributed by atoms with Crippen molar-refractivity contribution in [1.82, 2.24) is 4.98 Å². The lowest BCUT2D eigenvalue weighted by Crippen LogP contribution is -2.27. The van der Waals surface area contributed by atoms with E-state index in [1.54, 1.807) is 0 Å². The van der Waals surface area contributed by atoms with Crippen molar-refractivity contribution < 1.29 is 0 Å². The third kappa shape index (κ3) is 4.01. The van der Waals surface area contributed by atoms with Crippen molar-refractivity contribution in [2.45, 2.75) is 10.3 Å². The van der Waals surface area contributed by atoms with E-state index in [0.29, 0.717) is 0 Å². The zero-order valence-corrected chi connectivity index (χ0v) is 21.2. The number of rotatable bonds is 6. The smallest absolute Gasteiger partial charge is 0.0762 e. The molecule has 0 aliphatic rings. The maximum Gasteiger partial charge on any atom is 0.0762 e. The molecule has 0 saturated carbocycles. The third-order valence-corrected chi connectivity index (χ3v) is 8.40. The van der Waals surface area contributed by atoms with Crippen molar-refractivity contribution in [3.63, 3.8) is 0 Å². The van der Waals surface area contributed by atoms with Crippen LogP contribution in [0.15, 0.2) is 140 Å². The topological polar surface area (TPSA) is 12.9 Å². The van der Waals surface area contributed by atoms with Gasteiger partial charge in [0.2, 0.25) is 0 Å². The van der Waals surface area contributed by atoms with E-state index in [0.717, 1.165) is 11.4 Å². The van der Waals surface area contributed by atoms with Crippen LogP contribution in [0, 0.1) is 0 Å². The van der Waals surface area contributed by atoms with Crippen molar-refractivity contribution >= 4 is 18.5 Å². The van der Waals surface area contributed by atoms with Gasteiger partial charge in [0.05, 0.1) is 21.7 Å². The Kier molecular flexibility index (Phi) is 6.42. The number of hydrogen-bond acceptors (Lipinski definition) is 1. The Morgan fingerprint density at radius 3 is 0.882 bits per heavy atom. The van der Waals surface area contributed by atoms with Gasteiger partial charge in [0.1, 0.15) is 0 Å². The molecule has 1 nitrogen and oxygen atoms in total. The molecule has 0 radical (unpaired) electrons. The predicted molar refractivity (Wildman–Crippen MR) is 149 cm³/mol. The van der Waals surface area contributed by atoms with Gasteiger partial charge in [-0.05, 0) is 34.4 Å². The minimum atomic E-state index is -0.475. The van der Waals surface area contributed by atoms with E-state index in [1.165, 1.54) is 22.3 Å². The lowest BCUT2D eigenvalue weighted by Gasteiger charge is -2.34. The second-order valence-electron chi connectivity index (χ2n) is 8.49. The highest BCUT2D eigenvalue weighted by molar-refractivity contribution is 7.19. The van der Waals surface area contributed by atoms with Crippen LogP contribution in [0.3, 0.4) is 0 Å². The van der Waals surface area contributed by atoms with Crippen LogP contribution in [0.1, 0.15) is 33.6 Å². The molecular formula is C31H27NP2. The monoisotopic (exact) mass is 475 g/mol. The number of hydrogen-bond donors (Lipinski definition) is 0. The Hall–Kier alpha value is -3.11. The molecule has 4 aromatic carbocycles. The standard InChI is InChI=1S/C31H27NP2/c33-30(24-14-5-1-6-15-24,25-16-7-2-8-17-25)28-22-13-23-29(32-28)31(34,26-18-9-3-10-19-26)27-20-11-4-12-21-27/h1-23H,33-34H2. The highest BCUT2D eigenvalue weighted by Gasteiger charge is 2.37. The van der Waals surface area contributed by atoms with Gasteiger partial charge in [-0.1, -0.05) is 127 Å². The number of pyridine rings is 1. The molecule has 0 N–H and O–H groups in total. The van der Waals surface area contributed by atoms with Crippen LogP contribution in [0.4, 0.5) is 0 Å². The third-order valence-electron chi connectivity index (χ3n) is 6.47. The average Bonchev–Trinajstić information content (AvgIpc) is 2.94.